The van der Waals surface area contributed by atoms with E-state index in [-0.39, 0.29) is 17.9 Å². The Kier molecular flexibility index (Phi) is 6.92. The fraction of sp³-hybridized carbons (Fsp3) is 0.545. The van der Waals surface area contributed by atoms with Gasteiger partial charge in [-0.15, -0.1) is 0 Å². The molecule has 2 aliphatic heterocycles. The molecule has 29 heavy (non-hydrogen) atoms. The highest BCUT2D eigenvalue weighted by molar-refractivity contribution is 6.35. The third-order valence-corrected chi connectivity index (χ3v) is 5.32. The maximum atomic E-state index is 13.3. The first kappa shape index (κ1) is 21.3. The van der Waals surface area contributed by atoms with Crippen molar-refractivity contribution in [1.29, 1.82) is 0 Å². The zero-order chi connectivity index (χ0) is 21.0. The molecule has 1 aromatic carbocycles. The van der Waals surface area contributed by atoms with Gasteiger partial charge in [0.1, 0.15) is 11.4 Å². The smallest absolute Gasteiger partial charge is 0.277 e. The van der Waals surface area contributed by atoms with Crippen LogP contribution in [-0.4, -0.2) is 86.1 Å². The Morgan fingerprint density at radius 2 is 1.66 bits per heavy atom. The van der Waals surface area contributed by atoms with Crippen LogP contribution in [0.3, 0.4) is 0 Å². The number of amides is 2. The maximum absolute atomic E-state index is 13.3. The molecule has 7 heteroatoms. The highest BCUT2D eigenvalue weighted by Gasteiger charge is 2.41. The highest BCUT2D eigenvalue weighted by Crippen LogP contribution is 2.33. The molecule has 0 N–H and O–H groups in total. The molecule has 0 bridgehead atoms. The summed E-state index contributed by atoms with van der Waals surface area (Å²) in [4.78, 5) is 32.2. The first-order valence-corrected chi connectivity index (χ1v) is 10.2. The van der Waals surface area contributed by atoms with Crippen molar-refractivity contribution in [2.75, 3.05) is 53.5 Å². The van der Waals surface area contributed by atoms with E-state index in [1.807, 2.05) is 38.1 Å². The van der Waals surface area contributed by atoms with Crippen LogP contribution in [0.4, 0.5) is 0 Å². The van der Waals surface area contributed by atoms with E-state index in [2.05, 4.69) is 16.8 Å². The van der Waals surface area contributed by atoms with E-state index in [1.165, 1.54) is 4.90 Å². The lowest BCUT2D eigenvalue weighted by atomic mass is 10.0. The predicted molar refractivity (Wildman–Crippen MR) is 111 cm³/mol. The zero-order valence-corrected chi connectivity index (χ0v) is 17.8. The van der Waals surface area contributed by atoms with Crippen LogP contribution in [-0.2, 0) is 14.3 Å². The van der Waals surface area contributed by atoms with Crippen molar-refractivity contribution in [3.8, 4) is 5.75 Å². The summed E-state index contributed by atoms with van der Waals surface area (Å²) < 4.78 is 10.8. The lowest BCUT2D eigenvalue weighted by Crippen LogP contribution is -2.46. The Morgan fingerprint density at radius 3 is 2.24 bits per heavy atom. The topological polar surface area (TPSA) is 62.3 Å². The van der Waals surface area contributed by atoms with Crippen LogP contribution in [0.2, 0.25) is 0 Å². The fourth-order valence-corrected chi connectivity index (χ4v) is 3.65. The van der Waals surface area contributed by atoms with Crippen LogP contribution < -0.4 is 4.74 Å². The average molecular weight is 402 g/mol. The molecular weight excluding hydrogens is 370 g/mol. The standard InChI is InChI=1S/C22H31N3O4/c1-16(2)29-15-5-10-25-21(26)19(17-6-8-18(28-4)9-7-17)20(22(25)27)24-13-11-23(3)12-14-24/h6-9,16H,5,10-15H2,1-4H3. The van der Waals surface area contributed by atoms with Crippen molar-refractivity contribution in [1.82, 2.24) is 14.7 Å². The molecule has 0 spiro atoms. The van der Waals surface area contributed by atoms with Gasteiger partial charge in [-0.05, 0) is 45.0 Å². The minimum atomic E-state index is -0.223. The summed E-state index contributed by atoms with van der Waals surface area (Å²) in [6.07, 6.45) is 0.760. The number of rotatable bonds is 8. The van der Waals surface area contributed by atoms with Crippen molar-refractivity contribution in [2.45, 2.75) is 26.4 Å². The summed E-state index contributed by atoms with van der Waals surface area (Å²) in [6, 6.07) is 7.34. The van der Waals surface area contributed by atoms with Crippen LogP contribution in [0, 0.1) is 0 Å². The number of hydrogen-bond donors (Lipinski definition) is 0. The number of carbonyl (C=O) groups excluding carboxylic acids is 2. The Labute approximate surface area is 172 Å². The van der Waals surface area contributed by atoms with Crippen molar-refractivity contribution in [3.05, 3.63) is 35.5 Å². The average Bonchev–Trinajstić information content (AvgIpc) is 2.96. The Hall–Kier alpha value is -2.38. The Balaban J connectivity index is 1.86. The van der Waals surface area contributed by atoms with Gasteiger partial charge in [0.25, 0.3) is 11.8 Å². The lowest BCUT2D eigenvalue weighted by molar-refractivity contribution is -0.137. The second-order valence-corrected chi connectivity index (χ2v) is 7.78. The number of piperazine rings is 1. The van der Waals surface area contributed by atoms with Gasteiger partial charge in [0.15, 0.2) is 0 Å². The molecule has 7 nitrogen and oxygen atoms in total. The van der Waals surface area contributed by atoms with Crippen LogP contribution in [0.25, 0.3) is 5.57 Å². The SMILES string of the molecule is COc1ccc(C2=C(N3CCN(C)CC3)C(=O)N(CCCOC(C)C)C2=O)cc1. The number of methoxy groups -OCH3 is 1. The van der Waals surface area contributed by atoms with Crippen LogP contribution >= 0.6 is 0 Å². The predicted octanol–water partition coefficient (Wildman–Crippen LogP) is 1.84. The molecule has 2 aliphatic rings. The molecule has 0 saturated carbocycles. The molecule has 2 heterocycles. The molecule has 0 atom stereocenters. The molecular formula is C22H31N3O4. The van der Waals surface area contributed by atoms with Gasteiger partial charge in [-0.1, -0.05) is 12.1 Å². The quantitative estimate of drug-likeness (QED) is 0.489. The van der Waals surface area contributed by atoms with Crippen molar-refractivity contribution < 1.29 is 19.1 Å². The van der Waals surface area contributed by atoms with Gasteiger partial charge in [-0.2, -0.15) is 0 Å². The third kappa shape index (κ3) is 4.79. The fourth-order valence-electron chi connectivity index (χ4n) is 3.65. The van der Waals surface area contributed by atoms with E-state index in [0.717, 1.165) is 37.5 Å². The van der Waals surface area contributed by atoms with E-state index in [0.29, 0.717) is 30.8 Å². The van der Waals surface area contributed by atoms with Gasteiger partial charge in [0.05, 0.1) is 18.8 Å². The zero-order valence-electron chi connectivity index (χ0n) is 17.8. The minimum Gasteiger partial charge on any atom is -0.497 e. The molecule has 1 fully saturated rings. The van der Waals surface area contributed by atoms with Gasteiger partial charge in [-0.25, -0.2) is 0 Å². The van der Waals surface area contributed by atoms with Gasteiger partial charge in [0.2, 0.25) is 0 Å². The molecule has 0 aromatic heterocycles. The summed E-state index contributed by atoms with van der Waals surface area (Å²) in [6.45, 7) is 8.02. The third-order valence-electron chi connectivity index (χ3n) is 5.32. The number of imide groups is 1. The molecule has 2 amide bonds. The molecule has 3 rings (SSSR count). The summed E-state index contributed by atoms with van der Waals surface area (Å²) >= 11 is 0. The summed E-state index contributed by atoms with van der Waals surface area (Å²) in [5.41, 5.74) is 1.77. The first-order valence-electron chi connectivity index (χ1n) is 10.2. The van der Waals surface area contributed by atoms with Gasteiger partial charge in [0, 0.05) is 39.3 Å². The summed E-state index contributed by atoms with van der Waals surface area (Å²) in [7, 11) is 3.67. The molecule has 0 unspecified atom stereocenters. The number of carbonyl (C=O) groups is 2. The normalized spacial score (nSPS) is 18.4. The van der Waals surface area contributed by atoms with E-state index in [1.54, 1.807) is 7.11 Å². The maximum Gasteiger partial charge on any atom is 0.277 e. The summed E-state index contributed by atoms with van der Waals surface area (Å²) in [5.74, 6) is 0.295. The van der Waals surface area contributed by atoms with E-state index in [9.17, 15) is 9.59 Å². The van der Waals surface area contributed by atoms with Gasteiger partial charge < -0.3 is 19.3 Å². The largest absolute Gasteiger partial charge is 0.497 e. The number of benzene rings is 1. The minimum absolute atomic E-state index is 0.133. The Morgan fingerprint density at radius 1 is 1.00 bits per heavy atom. The molecule has 0 aliphatic carbocycles. The number of ether oxygens (including phenoxy) is 2. The lowest BCUT2D eigenvalue weighted by Gasteiger charge is -2.34. The van der Waals surface area contributed by atoms with E-state index < -0.39 is 0 Å². The van der Waals surface area contributed by atoms with Crippen LogP contribution in [0.15, 0.2) is 30.0 Å². The van der Waals surface area contributed by atoms with Gasteiger partial charge >= 0.3 is 0 Å². The van der Waals surface area contributed by atoms with Crippen molar-refractivity contribution in [2.24, 2.45) is 0 Å². The number of likely N-dealkylation sites (N-methyl/N-ethyl adjacent to an activating group) is 1. The molecule has 158 valence electrons. The molecule has 0 radical (unpaired) electrons. The second kappa shape index (κ2) is 9.41. The van der Waals surface area contributed by atoms with Crippen LogP contribution in [0.5, 0.6) is 5.75 Å². The van der Waals surface area contributed by atoms with Crippen LogP contribution in [0.1, 0.15) is 25.8 Å². The first-order chi connectivity index (χ1) is 13.9. The van der Waals surface area contributed by atoms with Crippen molar-refractivity contribution >= 4 is 17.4 Å². The monoisotopic (exact) mass is 401 g/mol. The second-order valence-electron chi connectivity index (χ2n) is 7.78. The van der Waals surface area contributed by atoms with E-state index in [4.69, 9.17) is 9.47 Å². The van der Waals surface area contributed by atoms with Gasteiger partial charge in [-0.3, -0.25) is 14.5 Å². The highest BCUT2D eigenvalue weighted by atomic mass is 16.5. The number of nitrogens with zero attached hydrogens (tertiary/aromatic N) is 3. The van der Waals surface area contributed by atoms with Crippen molar-refractivity contribution in [3.63, 3.8) is 0 Å². The molecule has 1 saturated heterocycles. The number of hydrogen-bond acceptors (Lipinski definition) is 6. The Bertz CT molecular complexity index is 765. The summed E-state index contributed by atoms with van der Waals surface area (Å²) in [5, 5.41) is 0. The van der Waals surface area contributed by atoms with E-state index >= 15 is 0 Å². The molecule has 1 aromatic rings.